The molecule has 0 aromatic heterocycles. The minimum absolute atomic E-state index is 0.0908. The van der Waals surface area contributed by atoms with E-state index in [4.69, 9.17) is 16.3 Å². The van der Waals surface area contributed by atoms with Gasteiger partial charge in [0.25, 0.3) is 0 Å². The Morgan fingerprint density at radius 3 is 2.13 bits per heavy atom. The predicted octanol–water partition coefficient (Wildman–Crippen LogP) is 5.29. The van der Waals surface area contributed by atoms with Crippen LogP contribution in [0.4, 0.5) is 5.69 Å². The number of benzene rings is 1. The Hall–Kier alpha value is -0.890. The molecule has 1 aromatic carbocycles. The molecule has 1 aliphatic heterocycles. The fraction of sp³-hybridized carbons (Fsp3) is 0.700. The Morgan fingerprint density at radius 2 is 1.57 bits per heavy atom. The standard InChI is InChI=1S/C20H26ClNO/c21-18-10-17(22-5-1-2-6-22)3-4-19(18)23-20-11-14-7-15(12-20)9-16(8-14)13-20/h3-4,10,14-16H,1-2,5-9,11-13H2. The molecular weight excluding hydrogens is 306 g/mol. The maximum absolute atomic E-state index is 6.61. The summed E-state index contributed by atoms with van der Waals surface area (Å²) in [6.07, 6.45) is 10.7. The van der Waals surface area contributed by atoms with E-state index in [1.807, 2.05) is 0 Å². The Labute approximate surface area is 144 Å². The van der Waals surface area contributed by atoms with Gasteiger partial charge in [-0.25, -0.2) is 0 Å². The summed E-state index contributed by atoms with van der Waals surface area (Å²) >= 11 is 6.60. The summed E-state index contributed by atoms with van der Waals surface area (Å²) in [6.45, 7) is 2.32. The van der Waals surface area contributed by atoms with Gasteiger partial charge in [-0.1, -0.05) is 11.6 Å². The summed E-state index contributed by atoms with van der Waals surface area (Å²) in [5.41, 5.74) is 1.35. The molecule has 0 atom stereocenters. The Balaban J connectivity index is 1.38. The second-order valence-electron chi connectivity index (χ2n) is 8.51. The molecule has 4 saturated carbocycles. The highest BCUT2D eigenvalue weighted by molar-refractivity contribution is 6.32. The summed E-state index contributed by atoms with van der Waals surface area (Å²) in [6, 6.07) is 6.43. The van der Waals surface area contributed by atoms with E-state index < -0.39 is 0 Å². The molecule has 4 bridgehead atoms. The van der Waals surface area contributed by atoms with Crippen molar-refractivity contribution in [1.82, 2.24) is 0 Å². The van der Waals surface area contributed by atoms with Crippen molar-refractivity contribution in [3.63, 3.8) is 0 Å². The van der Waals surface area contributed by atoms with E-state index in [-0.39, 0.29) is 5.60 Å². The van der Waals surface area contributed by atoms with Gasteiger partial charge in [-0.15, -0.1) is 0 Å². The Bertz CT molecular complexity index is 572. The van der Waals surface area contributed by atoms with E-state index >= 15 is 0 Å². The number of anilines is 1. The maximum Gasteiger partial charge on any atom is 0.138 e. The first-order valence-electron chi connectivity index (χ1n) is 9.43. The summed E-state index contributed by atoms with van der Waals surface area (Å²) < 4.78 is 6.61. The van der Waals surface area contributed by atoms with E-state index in [1.165, 1.54) is 57.1 Å². The molecule has 0 radical (unpaired) electrons. The van der Waals surface area contributed by atoms with Gasteiger partial charge in [0.1, 0.15) is 11.4 Å². The lowest BCUT2D eigenvalue weighted by atomic mass is 9.54. The Kier molecular flexibility index (Phi) is 3.33. The van der Waals surface area contributed by atoms with Crippen LogP contribution in [0.3, 0.4) is 0 Å². The van der Waals surface area contributed by atoms with Crippen LogP contribution in [0.5, 0.6) is 5.75 Å². The fourth-order valence-electron chi connectivity index (χ4n) is 6.13. The minimum atomic E-state index is 0.0908. The normalized spacial score (nSPS) is 38.3. The van der Waals surface area contributed by atoms with Gasteiger partial charge >= 0.3 is 0 Å². The van der Waals surface area contributed by atoms with Crippen LogP contribution in [0, 0.1) is 17.8 Å². The van der Waals surface area contributed by atoms with E-state index in [9.17, 15) is 0 Å². The molecule has 2 nitrogen and oxygen atoms in total. The summed E-state index contributed by atoms with van der Waals surface area (Å²) in [5.74, 6) is 3.63. The summed E-state index contributed by atoms with van der Waals surface area (Å²) in [4.78, 5) is 2.43. The van der Waals surface area contributed by atoms with Crippen LogP contribution in [0.1, 0.15) is 51.4 Å². The van der Waals surface area contributed by atoms with Gasteiger partial charge in [0, 0.05) is 18.8 Å². The van der Waals surface area contributed by atoms with Crippen LogP contribution in [0.15, 0.2) is 18.2 Å². The van der Waals surface area contributed by atoms with Crippen molar-refractivity contribution in [1.29, 1.82) is 0 Å². The molecule has 6 rings (SSSR count). The third kappa shape index (κ3) is 2.54. The minimum Gasteiger partial charge on any atom is -0.486 e. The van der Waals surface area contributed by atoms with Gasteiger partial charge in [-0.2, -0.15) is 0 Å². The average Bonchev–Trinajstić information content (AvgIpc) is 3.02. The van der Waals surface area contributed by atoms with Crippen LogP contribution < -0.4 is 9.64 Å². The lowest BCUT2D eigenvalue weighted by Gasteiger charge is -2.56. The van der Waals surface area contributed by atoms with Crippen LogP contribution in [-0.4, -0.2) is 18.7 Å². The average molecular weight is 332 g/mol. The lowest BCUT2D eigenvalue weighted by Crippen LogP contribution is -2.53. The van der Waals surface area contributed by atoms with Gasteiger partial charge in [0.2, 0.25) is 0 Å². The third-order valence-corrected chi connectivity index (χ3v) is 6.99. The molecule has 3 heteroatoms. The SMILES string of the molecule is Clc1cc(N2CCCC2)ccc1OC12CC3CC(CC(C3)C1)C2. The zero-order valence-electron chi connectivity index (χ0n) is 13.8. The number of ether oxygens (including phenoxy) is 1. The van der Waals surface area contributed by atoms with Gasteiger partial charge in [0.05, 0.1) is 5.02 Å². The molecule has 23 heavy (non-hydrogen) atoms. The van der Waals surface area contributed by atoms with Crippen LogP contribution in [0.2, 0.25) is 5.02 Å². The van der Waals surface area contributed by atoms with Crippen molar-refractivity contribution < 1.29 is 4.74 Å². The smallest absolute Gasteiger partial charge is 0.138 e. The van der Waals surface area contributed by atoms with E-state index in [1.54, 1.807) is 0 Å². The number of rotatable bonds is 3. The Morgan fingerprint density at radius 1 is 0.957 bits per heavy atom. The molecule has 0 spiro atoms. The van der Waals surface area contributed by atoms with Gasteiger partial charge < -0.3 is 9.64 Å². The number of halogens is 1. The zero-order valence-corrected chi connectivity index (χ0v) is 14.5. The molecule has 1 heterocycles. The number of nitrogens with zero attached hydrogens (tertiary/aromatic N) is 1. The van der Waals surface area contributed by atoms with E-state index in [0.717, 1.165) is 41.6 Å². The van der Waals surface area contributed by atoms with Crippen LogP contribution >= 0.6 is 11.6 Å². The van der Waals surface area contributed by atoms with Crippen molar-refractivity contribution in [2.45, 2.75) is 57.0 Å². The summed E-state index contributed by atoms with van der Waals surface area (Å²) in [5, 5.41) is 0.796. The largest absolute Gasteiger partial charge is 0.486 e. The highest BCUT2D eigenvalue weighted by Gasteiger charge is 2.52. The molecule has 1 saturated heterocycles. The van der Waals surface area contributed by atoms with Gasteiger partial charge in [-0.05, 0) is 87.3 Å². The molecule has 1 aromatic rings. The van der Waals surface area contributed by atoms with Crippen molar-refractivity contribution >= 4 is 17.3 Å². The highest BCUT2D eigenvalue weighted by atomic mass is 35.5. The van der Waals surface area contributed by atoms with Crippen molar-refractivity contribution in [3.05, 3.63) is 23.2 Å². The predicted molar refractivity (Wildman–Crippen MR) is 94.4 cm³/mol. The fourth-order valence-corrected chi connectivity index (χ4v) is 6.35. The molecule has 5 fully saturated rings. The third-order valence-electron chi connectivity index (χ3n) is 6.70. The first kappa shape index (κ1) is 14.5. The lowest BCUT2D eigenvalue weighted by molar-refractivity contribution is -0.107. The van der Waals surface area contributed by atoms with Crippen molar-refractivity contribution in [2.75, 3.05) is 18.0 Å². The second kappa shape index (κ2) is 5.31. The monoisotopic (exact) mass is 331 g/mol. The second-order valence-corrected chi connectivity index (χ2v) is 8.92. The molecule has 5 aliphatic rings. The highest BCUT2D eigenvalue weighted by Crippen LogP contribution is 2.57. The molecule has 4 aliphatic carbocycles. The van der Waals surface area contributed by atoms with E-state index in [2.05, 4.69) is 23.1 Å². The molecule has 124 valence electrons. The zero-order chi connectivity index (χ0) is 15.4. The van der Waals surface area contributed by atoms with Gasteiger partial charge in [-0.3, -0.25) is 0 Å². The maximum atomic E-state index is 6.61. The number of hydrogen-bond donors (Lipinski definition) is 0. The molecule has 0 unspecified atom stereocenters. The first-order valence-corrected chi connectivity index (χ1v) is 9.80. The van der Waals surface area contributed by atoms with Gasteiger partial charge in [0.15, 0.2) is 0 Å². The topological polar surface area (TPSA) is 12.5 Å². The summed E-state index contributed by atoms with van der Waals surface area (Å²) in [7, 11) is 0. The van der Waals surface area contributed by atoms with E-state index in [0.29, 0.717) is 0 Å². The quantitative estimate of drug-likeness (QED) is 0.746. The van der Waals surface area contributed by atoms with Crippen molar-refractivity contribution in [3.8, 4) is 5.75 Å². The first-order chi connectivity index (χ1) is 11.2. The van der Waals surface area contributed by atoms with Crippen molar-refractivity contribution in [2.24, 2.45) is 17.8 Å². The molecular formula is C20H26ClNO. The van der Waals surface area contributed by atoms with Crippen LogP contribution in [-0.2, 0) is 0 Å². The molecule has 0 N–H and O–H groups in total. The number of hydrogen-bond acceptors (Lipinski definition) is 2. The molecule has 0 amide bonds. The van der Waals surface area contributed by atoms with Crippen LogP contribution in [0.25, 0.3) is 0 Å².